The van der Waals surface area contributed by atoms with E-state index in [4.69, 9.17) is 0 Å². The van der Waals surface area contributed by atoms with E-state index >= 15 is 0 Å². The van der Waals surface area contributed by atoms with Gasteiger partial charge in [-0.2, -0.15) is 0 Å². The predicted molar refractivity (Wildman–Crippen MR) is 61.4 cm³/mol. The Balaban J connectivity index is 2.66. The van der Waals surface area contributed by atoms with Crippen LogP contribution in [0, 0.1) is 6.92 Å². The van der Waals surface area contributed by atoms with Gasteiger partial charge in [0, 0.05) is 17.2 Å². The summed E-state index contributed by atoms with van der Waals surface area (Å²) in [5, 5.41) is 0. The number of halogens is 2. The van der Waals surface area contributed by atoms with Crippen LogP contribution in [0.4, 0.5) is 8.78 Å². The summed E-state index contributed by atoms with van der Waals surface area (Å²) in [6, 6.07) is 1.34. The van der Waals surface area contributed by atoms with E-state index in [2.05, 4.69) is 9.97 Å². The summed E-state index contributed by atoms with van der Waals surface area (Å²) in [6.45, 7) is 8.06. The Kier molecular flexibility index (Phi) is 2.64. The van der Waals surface area contributed by atoms with Gasteiger partial charge in [0.15, 0.2) is 0 Å². The number of rotatable bonds is 1. The average Bonchev–Trinajstić information content (AvgIpc) is 2.55. The van der Waals surface area contributed by atoms with E-state index in [1.54, 1.807) is 4.40 Å². The zero-order valence-corrected chi connectivity index (χ0v) is 10.3. The number of fused-ring (bicyclic) bond motifs is 1. The van der Waals surface area contributed by atoms with Crippen LogP contribution in [-0.4, -0.2) is 14.4 Å². The Morgan fingerprint density at radius 3 is 2.47 bits per heavy atom. The van der Waals surface area contributed by atoms with Gasteiger partial charge >= 0.3 is 0 Å². The summed E-state index contributed by atoms with van der Waals surface area (Å²) in [5.41, 5.74) is 2.04. The molecule has 0 amide bonds. The van der Waals surface area contributed by atoms with Crippen molar-refractivity contribution in [3.63, 3.8) is 0 Å². The van der Waals surface area contributed by atoms with Crippen LogP contribution >= 0.6 is 0 Å². The van der Waals surface area contributed by atoms with Crippen molar-refractivity contribution < 1.29 is 8.78 Å². The van der Waals surface area contributed by atoms with Gasteiger partial charge in [0.1, 0.15) is 17.7 Å². The molecule has 2 rings (SSSR count). The molecule has 0 atom stereocenters. The molecule has 5 heteroatoms. The maximum absolute atomic E-state index is 12.5. The molecule has 0 radical (unpaired) electrons. The van der Waals surface area contributed by atoms with E-state index in [9.17, 15) is 8.78 Å². The Bertz CT molecular complexity index is 553. The molecule has 17 heavy (non-hydrogen) atoms. The van der Waals surface area contributed by atoms with Crippen molar-refractivity contribution in [2.75, 3.05) is 0 Å². The van der Waals surface area contributed by atoms with E-state index in [1.165, 1.54) is 12.4 Å². The number of aryl methyl sites for hydroxylation is 1. The highest BCUT2D eigenvalue weighted by molar-refractivity contribution is 5.45. The van der Waals surface area contributed by atoms with E-state index in [1.807, 2.05) is 27.7 Å². The highest BCUT2D eigenvalue weighted by Gasteiger charge is 2.22. The Morgan fingerprint density at radius 2 is 1.94 bits per heavy atom. The smallest absolute Gasteiger partial charge is 0.280 e. The third-order valence-corrected chi connectivity index (χ3v) is 2.71. The van der Waals surface area contributed by atoms with Crippen LogP contribution in [0.1, 0.15) is 44.3 Å². The molecule has 0 aliphatic carbocycles. The van der Waals surface area contributed by atoms with Crippen LogP contribution in [0.5, 0.6) is 0 Å². The van der Waals surface area contributed by atoms with Crippen molar-refractivity contribution in [1.29, 1.82) is 0 Å². The summed E-state index contributed by atoms with van der Waals surface area (Å²) in [4.78, 5) is 8.15. The normalized spacial score (nSPS) is 12.6. The molecule has 2 heterocycles. The van der Waals surface area contributed by atoms with Crippen LogP contribution < -0.4 is 0 Å². The van der Waals surface area contributed by atoms with E-state index in [0.717, 1.165) is 11.4 Å². The molecule has 0 N–H and O–H groups in total. The fraction of sp³-hybridized carbons (Fsp3) is 0.500. The minimum atomic E-state index is -2.56. The zero-order chi connectivity index (χ0) is 12.8. The van der Waals surface area contributed by atoms with Gasteiger partial charge in [-0.15, -0.1) is 0 Å². The van der Waals surface area contributed by atoms with Crippen LogP contribution in [-0.2, 0) is 5.41 Å². The van der Waals surface area contributed by atoms with Gasteiger partial charge in [0.2, 0.25) is 0 Å². The third kappa shape index (κ3) is 2.01. The number of imidazole rings is 1. The molecule has 0 saturated heterocycles. The van der Waals surface area contributed by atoms with Gasteiger partial charge in [-0.1, -0.05) is 20.8 Å². The van der Waals surface area contributed by atoms with Crippen molar-refractivity contribution in [1.82, 2.24) is 14.4 Å². The lowest BCUT2D eigenvalue weighted by Gasteiger charge is -2.16. The van der Waals surface area contributed by atoms with E-state index in [-0.39, 0.29) is 11.1 Å². The Morgan fingerprint density at radius 1 is 1.29 bits per heavy atom. The molecule has 0 aliphatic rings. The molecular weight excluding hydrogens is 224 g/mol. The lowest BCUT2D eigenvalue weighted by molar-refractivity contribution is 0.146. The van der Waals surface area contributed by atoms with Gasteiger partial charge in [0.05, 0.1) is 5.69 Å². The second kappa shape index (κ2) is 3.75. The first-order valence-electron chi connectivity index (χ1n) is 5.44. The van der Waals surface area contributed by atoms with Gasteiger partial charge in [-0.25, -0.2) is 18.7 Å². The lowest BCUT2D eigenvalue weighted by Crippen LogP contribution is -2.13. The van der Waals surface area contributed by atoms with Gasteiger partial charge < -0.3 is 0 Å². The fourth-order valence-corrected chi connectivity index (χ4v) is 1.91. The third-order valence-electron chi connectivity index (χ3n) is 2.71. The van der Waals surface area contributed by atoms with Gasteiger partial charge in [0.25, 0.3) is 6.43 Å². The van der Waals surface area contributed by atoms with Crippen molar-refractivity contribution in [2.24, 2.45) is 0 Å². The van der Waals surface area contributed by atoms with Crippen molar-refractivity contribution >= 4 is 5.65 Å². The quantitative estimate of drug-likeness (QED) is 0.764. The average molecular weight is 239 g/mol. The van der Waals surface area contributed by atoms with E-state index in [0.29, 0.717) is 5.65 Å². The van der Waals surface area contributed by atoms with Crippen molar-refractivity contribution in [3.8, 4) is 0 Å². The van der Waals surface area contributed by atoms with Crippen LogP contribution in [0.15, 0.2) is 12.4 Å². The molecular formula is C12H15F2N3. The lowest BCUT2D eigenvalue weighted by atomic mass is 9.91. The Hall–Kier alpha value is -1.52. The molecule has 0 unspecified atom stereocenters. The molecule has 92 valence electrons. The maximum Gasteiger partial charge on any atom is 0.280 e. The predicted octanol–water partition coefficient (Wildman–Crippen LogP) is 3.27. The number of nitrogens with zero attached hydrogens (tertiary/aromatic N) is 3. The SMILES string of the molecule is Cc1c(C(C)(C)C)nc2cc(C(F)F)ncn12. The maximum atomic E-state index is 12.5. The highest BCUT2D eigenvalue weighted by atomic mass is 19.3. The second-order valence-corrected chi connectivity index (χ2v) is 5.14. The fourth-order valence-electron chi connectivity index (χ4n) is 1.91. The standard InChI is InChI=1S/C12H15F2N3/c1-7-10(12(2,3)4)16-9-5-8(11(13)14)15-6-17(7)9/h5-6,11H,1-4H3. The van der Waals surface area contributed by atoms with Gasteiger partial charge in [-0.05, 0) is 6.92 Å². The summed E-state index contributed by atoms with van der Waals surface area (Å²) < 4.78 is 26.8. The topological polar surface area (TPSA) is 30.2 Å². The summed E-state index contributed by atoms with van der Waals surface area (Å²) in [7, 11) is 0. The second-order valence-electron chi connectivity index (χ2n) is 5.14. The first-order chi connectivity index (χ1) is 7.80. The summed E-state index contributed by atoms with van der Waals surface area (Å²) in [5.74, 6) is 0. The Labute approximate surface area is 98.5 Å². The monoisotopic (exact) mass is 239 g/mol. The van der Waals surface area contributed by atoms with Crippen molar-refractivity contribution in [3.05, 3.63) is 29.5 Å². The van der Waals surface area contributed by atoms with Crippen LogP contribution in [0.25, 0.3) is 5.65 Å². The number of hydrogen-bond donors (Lipinski definition) is 0. The first kappa shape index (κ1) is 12.0. The van der Waals surface area contributed by atoms with Crippen LogP contribution in [0.3, 0.4) is 0 Å². The molecule has 0 saturated carbocycles. The minimum absolute atomic E-state index is 0.110. The van der Waals surface area contributed by atoms with Crippen molar-refractivity contribution in [2.45, 2.75) is 39.5 Å². The highest BCUT2D eigenvalue weighted by Crippen LogP contribution is 2.26. The zero-order valence-electron chi connectivity index (χ0n) is 10.3. The van der Waals surface area contributed by atoms with E-state index < -0.39 is 6.43 Å². The number of aromatic nitrogens is 3. The number of alkyl halides is 2. The molecule has 0 aromatic carbocycles. The summed E-state index contributed by atoms with van der Waals surface area (Å²) in [6.07, 6.45) is -1.15. The molecule has 0 bridgehead atoms. The van der Waals surface area contributed by atoms with Gasteiger partial charge in [-0.3, -0.25) is 4.40 Å². The molecule has 0 fully saturated rings. The summed E-state index contributed by atoms with van der Waals surface area (Å²) >= 11 is 0. The molecule has 0 spiro atoms. The largest absolute Gasteiger partial charge is 0.287 e. The molecule has 2 aromatic heterocycles. The molecule has 0 aliphatic heterocycles. The molecule has 3 nitrogen and oxygen atoms in total. The minimum Gasteiger partial charge on any atom is -0.287 e. The first-order valence-corrected chi connectivity index (χ1v) is 5.44. The molecule has 2 aromatic rings. The van der Waals surface area contributed by atoms with Crippen LogP contribution in [0.2, 0.25) is 0 Å². The number of hydrogen-bond acceptors (Lipinski definition) is 2.